The Labute approximate surface area is 56.0 Å². The van der Waals surface area contributed by atoms with E-state index >= 15 is 0 Å². The Morgan fingerprint density at radius 1 is 1.40 bits per heavy atom. The van der Waals surface area contributed by atoms with E-state index in [4.69, 9.17) is 5.11 Å². The van der Waals surface area contributed by atoms with Gasteiger partial charge in [-0.15, -0.1) is 0 Å². The molecular formula is C5H8F3NO. The standard InChI is InChI=1S/C5H8F3NO/c6-5(7,8)4-1-3(10)2-9-4/h3-4,9-10H,1-2H2/t3-,4+/m0/s1. The number of nitrogens with one attached hydrogen (secondary N) is 1. The average Bonchev–Trinajstić information content (AvgIpc) is 2.11. The van der Waals surface area contributed by atoms with E-state index in [1.165, 1.54) is 0 Å². The van der Waals surface area contributed by atoms with E-state index in [1.54, 1.807) is 0 Å². The highest BCUT2D eigenvalue weighted by Gasteiger charge is 2.43. The number of rotatable bonds is 0. The van der Waals surface area contributed by atoms with Gasteiger partial charge in [0.2, 0.25) is 0 Å². The van der Waals surface area contributed by atoms with Crippen LogP contribution in [0.3, 0.4) is 0 Å². The van der Waals surface area contributed by atoms with Gasteiger partial charge in [-0.3, -0.25) is 0 Å². The van der Waals surface area contributed by atoms with E-state index < -0.39 is 18.3 Å². The molecule has 0 saturated carbocycles. The predicted octanol–water partition coefficient (Wildman–Crippen LogP) is 0.272. The minimum Gasteiger partial charge on any atom is -0.392 e. The summed E-state index contributed by atoms with van der Waals surface area (Å²) in [6.07, 6.45) is -5.27. The highest BCUT2D eigenvalue weighted by molar-refractivity contribution is 4.85. The fourth-order valence-electron chi connectivity index (χ4n) is 0.966. The molecule has 60 valence electrons. The number of alkyl halides is 3. The summed E-state index contributed by atoms with van der Waals surface area (Å²) in [5.41, 5.74) is 0. The van der Waals surface area contributed by atoms with E-state index in [2.05, 4.69) is 5.32 Å². The highest BCUT2D eigenvalue weighted by atomic mass is 19.4. The SMILES string of the molecule is O[C@@H]1CN[C@@H](C(F)(F)F)C1. The van der Waals surface area contributed by atoms with Gasteiger partial charge >= 0.3 is 6.18 Å². The zero-order valence-electron chi connectivity index (χ0n) is 5.15. The van der Waals surface area contributed by atoms with Crippen LogP contribution in [-0.4, -0.2) is 30.0 Å². The van der Waals surface area contributed by atoms with Gasteiger partial charge in [0.15, 0.2) is 0 Å². The van der Waals surface area contributed by atoms with Crippen LogP contribution in [0.2, 0.25) is 0 Å². The molecule has 1 aliphatic rings. The molecule has 0 unspecified atom stereocenters. The van der Waals surface area contributed by atoms with Crippen LogP contribution in [0, 0.1) is 0 Å². The molecule has 0 aromatic carbocycles. The normalized spacial score (nSPS) is 34.8. The van der Waals surface area contributed by atoms with Crippen LogP contribution in [0.4, 0.5) is 13.2 Å². The Hall–Kier alpha value is -0.290. The van der Waals surface area contributed by atoms with Gasteiger partial charge in [0, 0.05) is 6.54 Å². The van der Waals surface area contributed by atoms with E-state index in [-0.39, 0.29) is 13.0 Å². The lowest BCUT2D eigenvalue weighted by Gasteiger charge is -2.13. The topological polar surface area (TPSA) is 32.3 Å². The van der Waals surface area contributed by atoms with Crippen molar-refractivity contribution >= 4 is 0 Å². The minimum absolute atomic E-state index is 0.0458. The number of hydrogen-bond donors (Lipinski definition) is 2. The summed E-state index contributed by atoms with van der Waals surface area (Å²) in [5, 5.41) is 10.9. The van der Waals surface area contributed by atoms with Crippen molar-refractivity contribution in [2.45, 2.75) is 24.7 Å². The van der Waals surface area contributed by atoms with Crippen molar-refractivity contribution in [3.05, 3.63) is 0 Å². The van der Waals surface area contributed by atoms with Crippen LogP contribution in [-0.2, 0) is 0 Å². The summed E-state index contributed by atoms with van der Waals surface area (Å²) in [4.78, 5) is 0. The van der Waals surface area contributed by atoms with Crippen molar-refractivity contribution in [2.24, 2.45) is 0 Å². The van der Waals surface area contributed by atoms with Crippen LogP contribution >= 0.6 is 0 Å². The van der Waals surface area contributed by atoms with E-state index in [9.17, 15) is 13.2 Å². The largest absolute Gasteiger partial charge is 0.403 e. The molecule has 0 bridgehead atoms. The summed E-state index contributed by atoms with van der Waals surface area (Å²) < 4.78 is 35.3. The molecule has 10 heavy (non-hydrogen) atoms. The molecule has 2 N–H and O–H groups in total. The lowest BCUT2D eigenvalue weighted by molar-refractivity contribution is -0.153. The maximum absolute atomic E-state index is 11.8. The van der Waals surface area contributed by atoms with Crippen molar-refractivity contribution in [1.82, 2.24) is 5.32 Å². The molecule has 1 heterocycles. The average molecular weight is 155 g/mol. The summed E-state index contributed by atoms with van der Waals surface area (Å²) >= 11 is 0. The van der Waals surface area contributed by atoms with Crippen molar-refractivity contribution < 1.29 is 18.3 Å². The summed E-state index contributed by atoms with van der Waals surface area (Å²) in [6, 6.07) is -1.51. The number of aliphatic hydroxyl groups is 1. The third kappa shape index (κ3) is 1.60. The number of β-amino-alcohol motifs (C(OH)–C–C–N with tert-alkyl or cyclic N) is 1. The number of aliphatic hydroxyl groups excluding tert-OH is 1. The van der Waals surface area contributed by atoms with Crippen LogP contribution in [0.25, 0.3) is 0 Å². The fraction of sp³-hybridized carbons (Fsp3) is 1.00. The molecule has 1 rings (SSSR count). The Morgan fingerprint density at radius 2 is 2.00 bits per heavy atom. The van der Waals surface area contributed by atoms with Gasteiger partial charge in [-0.05, 0) is 6.42 Å². The smallest absolute Gasteiger partial charge is 0.392 e. The summed E-state index contributed by atoms with van der Waals surface area (Å²) in [6.45, 7) is 0.0458. The molecule has 0 spiro atoms. The second-order valence-electron chi connectivity index (χ2n) is 2.39. The molecule has 2 atom stereocenters. The predicted molar refractivity (Wildman–Crippen MR) is 28.5 cm³/mol. The monoisotopic (exact) mass is 155 g/mol. The molecule has 2 nitrogen and oxygen atoms in total. The van der Waals surface area contributed by atoms with Gasteiger partial charge in [-0.25, -0.2) is 0 Å². The molecule has 0 aliphatic carbocycles. The van der Waals surface area contributed by atoms with Crippen LogP contribution in [0.15, 0.2) is 0 Å². The van der Waals surface area contributed by atoms with Crippen LogP contribution in [0.5, 0.6) is 0 Å². The van der Waals surface area contributed by atoms with E-state index in [1.807, 2.05) is 0 Å². The van der Waals surface area contributed by atoms with Crippen molar-refractivity contribution in [1.29, 1.82) is 0 Å². The van der Waals surface area contributed by atoms with Crippen molar-refractivity contribution in [3.63, 3.8) is 0 Å². The second-order valence-corrected chi connectivity index (χ2v) is 2.39. The zero-order chi connectivity index (χ0) is 7.78. The lowest BCUT2D eigenvalue weighted by atomic mass is 10.2. The Balaban J connectivity index is 2.45. The number of halogens is 3. The van der Waals surface area contributed by atoms with Gasteiger partial charge in [0.1, 0.15) is 6.04 Å². The summed E-state index contributed by atoms with van der Waals surface area (Å²) in [5.74, 6) is 0. The zero-order valence-corrected chi connectivity index (χ0v) is 5.15. The Bertz CT molecular complexity index is 125. The lowest BCUT2D eigenvalue weighted by Crippen LogP contribution is -2.36. The molecular weight excluding hydrogens is 147 g/mol. The van der Waals surface area contributed by atoms with E-state index in [0.717, 1.165) is 0 Å². The maximum Gasteiger partial charge on any atom is 0.403 e. The molecule has 1 saturated heterocycles. The highest BCUT2D eigenvalue weighted by Crippen LogP contribution is 2.26. The third-order valence-corrected chi connectivity index (χ3v) is 1.50. The molecule has 0 aromatic heterocycles. The molecule has 1 fully saturated rings. The minimum atomic E-state index is -4.21. The van der Waals surface area contributed by atoms with Crippen molar-refractivity contribution in [2.75, 3.05) is 6.54 Å². The molecule has 1 aliphatic heterocycles. The third-order valence-electron chi connectivity index (χ3n) is 1.50. The quantitative estimate of drug-likeness (QED) is 0.526. The van der Waals surface area contributed by atoms with E-state index in [0.29, 0.717) is 0 Å². The second kappa shape index (κ2) is 2.39. The van der Waals surface area contributed by atoms with Crippen molar-refractivity contribution in [3.8, 4) is 0 Å². The Morgan fingerprint density at radius 3 is 2.20 bits per heavy atom. The van der Waals surface area contributed by atoms with Crippen LogP contribution < -0.4 is 5.32 Å². The Kier molecular flexibility index (Phi) is 1.87. The van der Waals surface area contributed by atoms with Gasteiger partial charge < -0.3 is 10.4 Å². The maximum atomic E-state index is 11.8. The first-order chi connectivity index (χ1) is 4.50. The molecule has 0 amide bonds. The fourth-order valence-corrected chi connectivity index (χ4v) is 0.966. The van der Waals surface area contributed by atoms with Gasteiger partial charge in [0.05, 0.1) is 6.10 Å². The molecule has 5 heteroatoms. The molecule has 0 aromatic rings. The van der Waals surface area contributed by atoms with Gasteiger partial charge in [-0.1, -0.05) is 0 Å². The van der Waals surface area contributed by atoms with Gasteiger partial charge in [-0.2, -0.15) is 13.2 Å². The first-order valence-electron chi connectivity index (χ1n) is 2.98. The first kappa shape index (κ1) is 7.81. The molecule has 0 radical (unpaired) electrons. The van der Waals surface area contributed by atoms with Crippen LogP contribution in [0.1, 0.15) is 6.42 Å². The summed E-state index contributed by atoms with van der Waals surface area (Å²) in [7, 11) is 0. The first-order valence-corrected chi connectivity index (χ1v) is 2.98. The number of hydrogen-bond acceptors (Lipinski definition) is 2. The van der Waals surface area contributed by atoms with Gasteiger partial charge in [0.25, 0.3) is 0 Å².